The van der Waals surface area contributed by atoms with Crippen molar-refractivity contribution in [1.82, 2.24) is 5.32 Å². The van der Waals surface area contributed by atoms with E-state index in [4.69, 9.17) is 28.9 Å². The molecule has 1 unspecified atom stereocenters. The molecule has 2 aromatic rings. The van der Waals surface area contributed by atoms with Crippen molar-refractivity contribution in [1.29, 1.82) is 0 Å². The first-order valence-corrected chi connectivity index (χ1v) is 6.84. The molecule has 20 heavy (non-hydrogen) atoms. The van der Waals surface area contributed by atoms with Crippen LogP contribution in [0.3, 0.4) is 0 Å². The lowest BCUT2D eigenvalue weighted by Crippen LogP contribution is -2.26. The number of nitrogen functional groups attached to an aromatic ring is 1. The van der Waals surface area contributed by atoms with E-state index in [-0.39, 0.29) is 11.9 Å². The van der Waals surface area contributed by atoms with Gasteiger partial charge in [0.15, 0.2) is 0 Å². The zero-order chi connectivity index (χ0) is 14.7. The molecule has 1 amide bonds. The van der Waals surface area contributed by atoms with Crippen molar-refractivity contribution in [2.45, 2.75) is 13.0 Å². The van der Waals surface area contributed by atoms with Crippen molar-refractivity contribution >= 4 is 34.8 Å². The van der Waals surface area contributed by atoms with Gasteiger partial charge in [0.25, 0.3) is 5.91 Å². The zero-order valence-electron chi connectivity index (χ0n) is 10.9. The van der Waals surface area contributed by atoms with Gasteiger partial charge >= 0.3 is 0 Å². The highest BCUT2D eigenvalue weighted by Gasteiger charge is 2.14. The summed E-state index contributed by atoms with van der Waals surface area (Å²) in [5, 5.41) is 3.72. The van der Waals surface area contributed by atoms with Gasteiger partial charge in [0, 0.05) is 10.7 Å². The number of anilines is 1. The summed E-state index contributed by atoms with van der Waals surface area (Å²) in [6.45, 7) is 1.90. The number of benzene rings is 2. The lowest BCUT2D eigenvalue weighted by atomic mass is 10.1. The number of nitrogens with one attached hydrogen (secondary N) is 1. The number of carbonyl (C=O) groups is 1. The number of carbonyl (C=O) groups excluding carboxylic acids is 1. The van der Waals surface area contributed by atoms with Crippen LogP contribution in [0.2, 0.25) is 10.0 Å². The highest BCUT2D eigenvalue weighted by molar-refractivity contribution is 6.36. The number of hydrogen-bond donors (Lipinski definition) is 2. The fourth-order valence-electron chi connectivity index (χ4n) is 1.82. The van der Waals surface area contributed by atoms with Gasteiger partial charge < -0.3 is 11.1 Å². The van der Waals surface area contributed by atoms with Gasteiger partial charge in [0.2, 0.25) is 0 Å². The minimum Gasteiger partial charge on any atom is -0.399 e. The Hall–Kier alpha value is -1.71. The molecular weight excluding hydrogens is 295 g/mol. The molecule has 0 aliphatic carbocycles. The highest BCUT2D eigenvalue weighted by Crippen LogP contribution is 2.22. The third kappa shape index (κ3) is 3.44. The van der Waals surface area contributed by atoms with E-state index in [1.165, 1.54) is 0 Å². The number of rotatable bonds is 3. The maximum atomic E-state index is 12.2. The second-order valence-electron chi connectivity index (χ2n) is 4.49. The first-order valence-electron chi connectivity index (χ1n) is 6.08. The maximum absolute atomic E-state index is 12.2. The Labute approximate surface area is 127 Å². The maximum Gasteiger partial charge on any atom is 0.253 e. The average molecular weight is 309 g/mol. The van der Waals surface area contributed by atoms with E-state index in [2.05, 4.69) is 5.32 Å². The van der Waals surface area contributed by atoms with Crippen molar-refractivity contribution in [2.24, 2.45) is 0 Å². The standard InChI is InChI=1S/C15H14Cl2N2O/c1-9(10-2-5-12(18)6-3-10)19-15(20)13-7-4-11(16)8-14(13)17/h2-9H,18H2,1H3,(H,19,20). The van der Waals surface area contributed by atoms with Gasteiger partial charge in [-0.1, -0.05) is 35.3 Å². The van der Waals surface area contributed by atoms with Crippen molar-refractivity contribution in [3.05, 3.63) is 63.6 Å². The molecule has 3 nitrogen and oxygen atoms in total. The van der Waals surface area contributed by atoms with Crippen LogP contribution >= 0.6 is 23.2 Å². The molecule has 3 N–H and O–H groups in total. The molecule has 0 heterocycles. The molecular formula is C15H14Cl2N2O. The summed E-state index contributed by atoms with van der Waals surface area (Å²) in [5.74, 6) is -0.240. The molecule has 0 saturated heterocycles. The fourth-order valence-corrected chi connectivity index (χ4v) is 2.31. The third-order valence-electron chi connectivity index (χ3n) is 2.96. The van der Waals surface area contributed by atoms with Gasteiger partial charge in [-0.2, -0.15) is 0 Å². The van der Waals surface area contributed by atoms with Gasteiger partial charge in [0.1, 0.15) is 0 Å². The molecule has 0 aliphatic rings. The normalized spacial score (nSPS) is 11.9. The number of nitrogens with two attached hydrogens (primary N) is 1. The summed E-state index contributed by atoms with van der Waals surface area (Å²) < 4.78 is 0. The van der Waals surface area contributed by atoms with Crippen molar-refractivity contribution < 1.29 is 4.79 Å². The van der Waals surface area contributed by atoms with Crippen LogP contribution in [0.4, 0.5) is 5.69 Å². The summed E-state index contributed by atoms with van der Waals surface area (Å²) >= 11 is 11.8. The van der Waals surface area contributed by atoms with E-state index in [9.17, 15) is 4.79 Å². The first kappa shape index (κ1) is 14.7. The summed E-state index contributed by atoms with van der Waals surface area (Å²) in [7, 11) is 0. The van der Waals surface area contributed by atoms with Crippen LogP contribution in [-0.4, -0.2) is 5.91 Å². The molecule has 0 radical (unpaired) electrons. The number of amides is 1. The molecule has 104 valence electrons. The van der Waals surface area contributed by atoms with Crippen molar-refractivity contribution in [3.63, 3.8) is 0 Å². The molecule has 0 aromatic heterocycles. The van der Waals surface area contributed by atoms with Gasteiger partial charge in [-0.15, -0.1) is 0 Å². The lowest BCUT2D eigenvalue weighted by Gasteiger charge is -2.15. The van der Waals surface area contributed by atoms with Crippen LogP contribution in [0, 0.1) is 0 Å². The predicted octanol–water partition coefficient (Wildman–Crippen LogP) is 4.07. The monoisotopic (exact) mass is 308 g/mol. The molecule has 5 heteroatoms. The Kier molecular flexibility index (Phi) is 4.53. The van der Waals surface area contributed by atoms with E-state index in [1.54, 1.807) is 30.3 Å². The molecule has 2 rings (SSSR count). The van der Waals surface area contributed by atoms with Crippen LogP contribution in [0.25, 0.3) is 0 Å². The van der Waals surface area contributed by atoms with Crippen LogP contribution in [0.15, 0.2) is 42.5 Å². The molecule has 2 aromatic carbocycles. The smallest absolute Gasteiger partial charge is 0.253 e. The molecule has 0 bridgehead atoms. The SMILES string of the molecule is CC(NC(=O)c1ccc(Cl)cc1Cl)c1ccc(N)cc1. The van der Waals surface area contributed by atoms with Gasteiger partial charge in [0.05, 0.1) is 16.6 Å². The second-order valence-corrected chi connectivity index (χ2v) is 5.33. The second kappa shape index (κ2) is 6.16. The first-order chi connectivity index (χ1) is 9.47. The Balaban J connectivity index is 2.13. The number of halogens is 2. The minimum absolute atomic E-state index is 0.144. The van der Waals surface area contributed by atoms with E-state index >= 15 is 0 Å². The summed E-state index contributed by atoms with van der Waals surface area (Å²) in [6.07, 6.45) is 0. The molecule has 0 saturated carbocycles. The Morgan fingerprint density at radius 2 is 1.80 bits per heavy atom. The van der Waals surface area contributed by atoms with E-state index in [1.807, 2.05) is 19.1 Å². The van der Waals surface area contributed by atoms with E-state index in [0.29, 0.717) is 21.3 Å². The van der Waals surface area contributed by atoms with Gasteiger partial charge in [-0.25, -0.2) is 0 Å². The van der Waals surface area contributed by atoms with Crippen LogP contribution in [0.5, 0.6) is 0 Å². The minimum atomic E-state index is -0.240. The van der Waals surface area contributed by atoms with Gasteiger partial charge in [-0.3, -0.25) is 4.79 Å². The van der Waals surface area contributed by atoms with E-state index < -0.39 is 0 Å². The zero-order valence-corrected chi connectivity index (χ0v) is 12.4. The fraction of sp³-hybridized carbons (Fsp3) is 0.133. The third-order valence-corrected chi connectivity index (χ3v) is 3.51. The quantitative estimate of drug-likeness (QED) is 0.840. The largest absolute Gasteiger partial charge is 0.399 e. The van der Waals surface area contributed by atoms with Gasteiger partial charge in [-0.05, 0) is 42.8 Å². The Morgan fingerprint density at radius 1 is 1.15 bits per heavy atom. The van der Waals surface area contributed by atoms with Crippen molar-refractivity contribution in [3.8, 4) is 0 Å². The van der Waals surface area contributed by atoms with E-state index in [0.717, 1.165) is 5.56 Å². The van der Waals surface area contributed by atoms with Crippen molar-refractivity contribution in [2.75, 3.05) is 5.73 Å². The van der Waals surface area contributed by atoms with Crippen LogP contribution in [-0.2, 0) is 0 Å². The summed E-state index contributed by atoms with van der Waals surface area (Å²) in [4.78, 5) is 12.2. The molecule has 0 fully saturated rings. The Morgan fingerprint density at radius 3 is 2.40 bits per heavy atom. The average Bonchev–Trinajstić information content (AvgIpc) is 2.39. The molecule has 1 atom stereocenters. The Bertz CT molecular complexity index is 626. The topological polar surface area (TPSA) is 55.1 Å². The summed E-state index contributed by atoms with van der Waals surface area (Å²) in [5.41, 5.74) is 7.70. The lowest BCUT2D eigenvalue weighted by molar-refractivity contribution is 0.0940. The van der Waals surface area contributed by atoms with Crippen LogP contribution in [0.1, 0.15) is 28.9 Å². The molecule has 0 aliphatic heterocycles. The number of hydrogen-bond acceptors (Lipinski definition) is 2. The summed E-state index contributed by atoms with van der Waals surface area (Å²) in [6, 6.07) is 12.0. The molecule has 0 spiro atoms. The highest BCUT2D eigenvalue weighted by atomic mass is 35.5. The van der Waals surface area contributed by atoms with Crippen LogP contribution < -0.4 is 11.1 Å². The predicted molar refractivity (Wildman–Crippen MR) is 83.2 cm³/mol.